The zero-order valence-corrected chi connectivity index (χ0v) is 15.6. The molecular weight excluding hydrogens is 360 g/mol. The van der Waals surface area contributed by atoms with Gasteiger partial charge in [0.15, 0.2) is 0 Å². The van der Waals surface area contributed by atoms with Gasteiger partial charge in [-0.1, -0.05) is 36.7 Å². The molecule has 0 bridgehead atoms. The van der Waals surface area contributed by atoms with Gasteiger partial charge in [-0.05, 0) is 36.2 Å². The number of para-hydroxylation sites is 1. The number of nitrogens with zero attached hydrogens (tertiary/aromatic N) is 1. The van der Waals surface area contributed by atoms with Crippen LogP contribution in [0.2, 0.25) is 5.02 Å². The van der Waals surface area contributed by atoms with Crippen LogP contribution in [0, 0.1) is 0 Å². The molecule has 1 aliphatic rings. The first-order valence-corrected chi connectivity index (χ1v) is 10.1. The Morgan fingerprint density at radius 2 is 1.80 bits per heavy atom. The maximum absolute atomic E-state index is 12.8. The number of morpholine rings is 1. The van der Waals surface area contributed by atoms with Crippen molar-refractivity contribution in [2.24, 2.45) is 0 Å². The molecule has 0 unspecified atom stereocenters. The minimum Gasteiger partial charge on any atom is -0.378 e. The number of anilines is 2. The molecule has 3 rings (SSSR count). The monoisotopic (exact) mass is 380 g/mol. The van der Waals surface area contributed by atoms with E-state index < -0.39 is 10.0 Å². The third kappa shape index (κ3) is 4.08. The van der Waals surface area contributed by atoms with Crippen LogP contribution in [0.5, 0.6) is 0 Å². The summed E-state index contributed by atoms with van der Waals surface area (Å²) >= 11 is 6.36. The molecule has 1 heterocycles. The van der Waals surface area contributed by atoms with Gasteiger partial charge in [-0.15, -0.1) is 0 Å². The second kappa shape index (κ2) is 7.64. The van der Waals surface area contributed by atoms with Crippen LogP contribution in [0.25, 0.3) is 0 Å². The van der Waals surface area contributed by atoms with Crippen LogP contribution in [-0.2, 0) is 21.2 Å². The second-order valence-corrected chi connectivity index (χ2v) is 7.93. The summed E-state index contributed by atoms with van der Waals surface area (Å²) < 4.78 is 33.6. The summed E-state index contributed by atoms with van der Waals surface area (Å²) in [5.41, 5.74) is 2.27. The molecule has 1 fully saturated rings. The second-order valence-electron chi connectivity index (χ2n) is 5.84. The third-order valence-electron chi connectivity index (χ3n) is 4.20. The van der Waals surface area contributed by atoms with Gasteiger partial charge in [0.25, 0.3) is 10.0 Å². The first-order chi connectivity index (χ1) is 12.0. The van der Waals surface area contributed by atoms with Crippen molar-refractivity contribution in [3.8, 4) is 0 Å². The molecule has 0 atom stereocenters. The van der Waals surface area contributed by atoms with Crippen molar-refractivity contribution >= 4 is 33.0 Å². The molecule has 134 valence electrons. The van der Waals surface area contributed by atoms with E-state index in [-0.39, 0.29) is 4.90 Å². The molecule has 7 heteroatoms. The average Bonchev–Trinajstić information content (AvgIpc) is 2.62. The van der Waals surface area contributed by atoms with Gasteiger partial charge >= 0.3 is 0 Å². The standard InChI is InChI=1S/C18H21ClN2O3S/c1-2-14-6-8-15(9-7-14)25(22,23)20-17-5-3-4-16(19)18(17)21-10-12-24-13-11-21/h3-9,20H,2,10-13H2,1H3. The fraction of sp³-hybridized carbons (Fsp3) is 0.333. The lowest BCUT2D eigenvalue weighted by molar-refractivity contribution is 0.123. The van der Waals surface area contributed by atoms with Crippen molar-refractivity contribution in [1.29, 1.82) is 0 Å². The molecule has 0 aromatic heterocycles. The lowest BCUT2D eigenvalue weighted by atomic mass is 10.2. The van der Waals surface area contributed by atoms with Crippen molar-refractivity contribution in [3.05, 3.63) is 53.1 Å². The fourth-order valence-corrected chi connectivity index (χ4v) is 4.17. The average molecular weight is 381 g/mol. The van der Waals surface area contributed by atoms with Gasteiger partial charge in [-0.25, -0.2) is 8.42 Å². The molecule has 1 aliphatic heterocycles. The first kappa shape index (κ1) is 18.0. The summed E-state index contributed by atoms with van der Waals surface area (Å²) in [6.45, 7) is 4.56. The van der Waals surface area contributed by atoms with Crippen molar-refractivity contribution in [3.63, 3.8) is 0 Å². The fourth-order valence-electron chi connectivity index (χ4n) is 2.81. The van der Waals surface area contributed by atoms with Crippen LogP contribution >= 0.6 is 11.6 Å². The number of rotatable bonds is 5. The number of nitrogens with one attached hydrogen (secondary N) is 1. The number of sulfonamides is 1. The molecule has 0 amide bonds. The highest BCUT2D eigenvalue weighted by atomic mass is 35.5. The third-order valence-corrected chi connectivity index (χ3v) is 5.89. The van der Waals surface area contributed by atoms with E-state index in [9.17, 15) is 8.42 Å². The summed E-state index contributed by atoms with van der Waals surface area (Å²) in [6.07, 6.45) is 0.864. The minimum absolute atomic E-state index is 0.234. The summed E-state index contributed by atoms with van der Waals surface area (Å²) in [5, 5.41) is 0.517. The maximum atomic E-state index is 12.8. The van der Waals surface area contributed by atoms with Gasteiger partial charge in [0.2, 0.25) is 0 Å². The zero-order chi connectivity index (χ0) is 17.9. The Hall–Kier alpha value is -1.76. The van der Waals surface area contributed by atoms with Crippen molar-refractivity contribution < 1.29 is 13.2 Å². The topological polar surface area (TPSA) is 58.6 Å². The van der Waals surface area contributed by atoms with Crippen molar-refractivity contribution in [2.45, 2.75) is 18.2 Å². The van der Waals surface area contributed by atoms with Crippen molar-refractivity contribution in [2.75, 3.05) is 35.9 Å². The Bertz CT molecular complexity index is 832. The molecule has 0 spiro atoms. The van der Waals surface area contributed by atoms with Crippen LogP contribution < -0.4 is 9.62 Å². The van der Waals surface area contributed by atoms with Gasteiger partial charge < -0.3 is 9.64 Å². The lowest BCUT2D eigenvalue weighted by Crippen LogP contribution is -2.37. The summed E-state index contributed by atoms with van der Waals surface area (Å²) in [5.74, 6) is 0. The smallest absolute Gasteiger partial charge is 0.261 e. The number of hydrogen-bond acceptors (Lipinski definition) is 4. The predicted molar refractivity (Wildman–Crippen MR) is 101 cm³/mol. The van der Waals surface area contributed by atoms with Crippen LogP contribution in [0.15, 0.2) is 47.4 Å². The Labute approximate surface area is 153 Å². The maximum Gasteiger partial charge on any atom is 0.261 e. The van der Waals surface area contributed by atoms with E-state index in [1.165, 1.54) is 0 Å². The van der Waals surface area contributed by atoms with E-state index in [2.05, 4.69) is 4.72 Å². The molecule has 0 radical (unpaired) electrons. The molecule has 2 aromatic carbocycles. The Morgan fingerprint density at radius 1 is 1.12 bits per heavy atom. The van der Waals surface area contributed by atoms with Gasteiger partial charge in [0.1, 0.15) is 0 Å². The van der Waals surface area contributed by atoms with Gasteiger partial charge in [-0.3, -0.25) is 4.72 Å². The summed E-state index contributed by atoms with van der Waals surface area (Å²) in [6, 6.07) is 12.1. The van der Waals surface area contributed by atoms with Gasteiger partial charge in [0, 0.05) is 13.1 Å². The first-order valence-electron chi connectivity index (χ1n) is 8.24. The van der Waals surface area contributed by atoms with Gasteiger partial charge in [0.05, 0.1) is 34.5 Å². The van der Waals surface area contributed by atoms with Crippen LogP contribution in [-0.4, -0.2) is 34.7 Å². The molecule has 1 N–H and O–H groups in total. The van der Waals surface area contributed by atoms with E-state index in [0.717, 1.165) is 12.0 Å². The predicted octanol–water partition coefficient (Wildman–Crippen LogP) is 3.54. The minimum atomic E-state index is -3.68. The number of halogens is 1. The van der Waals surface area contributed by atoms with E-state index in [1.54, 1.807) is 30.3 Å². The Morgan fingerprint density at radius 3 is 2.44 bits per heavy atom. The largest absolute Gasteiger partial charge is 0.378 e. The van der Waals surface area contributed by atoms with Crippen molar-refractivity contribution in [1.82, 2.24) is 0 Å². The van der Waals surface area contributed by atoms with Crippen LogP contribution in [0.1, 0.15) is 12.5 Å². The molecule has 5 nitrogen and oxygen atoms in total. The molecule has 25 heavy (non-hydrogen) atoms. The van der Waals surface area contributed by atoms with Crippen LogP contribution in [0.3, 0.4) is 0 Å². The highest BCUT2D eigenvalue weighted by Gasteiger charge is 2.22. The normalized spacial score (nSPS) is 15.2. The van der Waals surface area contributed by atoms with Gasteiger partial charge in [-0.2, -0.15) is 0 Å². The molecule has 0 saturated carbocycles. The molecule has 1 saturated heterocycles. The SMILES string of the molecule is CCc1ccc(S(=O)(=O)Nc2cccc(Cl)c2N2CCOCC2)cc1. The Kier molecular flexibility index (Phi) is 5.51. The quantitative estimate of drug-likeness (QED) is 0.861. The summed E-state index contributed by atoms with van der Waals surface area (Å²) in [7, 11) is -3.68. The van der Waals surface area contributed by atoms with Crippen LogP contribution in [0.4, 0.5) is 11.4 Å². The Balaban J connectivity index is 1.92. The molecule has 2 aromatic rings. The lowest BCUT2D eigenvalue weighted by Gasteiger charge is -2.31. The number of aryl methyl sites for hydroxylation is 1. The van der Waals surface area contributed by atoms with E-state index in [4.69, 9.17) is 16.3 Å². The van der Waals surface area contributed by atoms with E-state index in [1.807, 2.05) is 24.0 Å². The number of benzene rings is 2. The highest BCUT2D eigenvalue weighted by molar-refractivity contribution is 7.92. The summed E-state index contributed by atoms with van der Waals surface area (Å²) in [4.78, 5) is 2.28. The molecule has 0 aliphatic carbocycles. The highest BCUT2D eigenvalue weighted by Crippen LogP contribution is 2.35. The van der Waals surface area contributed by atoms with E-state index >= 15 is 0 Å². The zero-order valence-electron chi connectivity index (χ0n) is 14.0. The molecular formula is C18H21ClN2O3S. The van der Waals surface area contributed by atoms with E-state index in [0.29, 0.717) is 42.7 Å². The number of hydrogen-bond donors (Lipinski definition) is 1. The number of ether oxygens (including phenoxy) is 1.